The predicted octanol–water partition coefficient (Wildman–Crippen LogP) is 1.37. The van der Waals surface area contributed by atoms with E-state index in [4.69, 9.17) is 4.74 Å². The molecule has 1 aliphatic heterocycles. The second-order valence-corrected chi connectivity index (χ2v) is 3.21. The topological polar surface area (TPSA) is 29.5 Å². The van der Waals surface area contributed by atoms with Crippen LogP contribution in [-0.4, -0.2) is 17.3 Å². The van der Waals surface area contributed by atoms with Crippen molar-refractivity contribution in [2.75, 3.05) is 0 Å². The largest absolute Gasteiger partial charge is 0.487 e. The molecule has 1 N–H and O–H groups in total. The highest BCUT2D eigenvalue weighted by Crippen LogP contribution is 2.29. The lowest BCUT2D eigenvalue weighted by atomic mass is 10.1. The minimum atomic E-state index is -0.391. The van der Waals surface area contributed by atoms with Crippen LogP contribution in [0.1, 0.15) is 12.5 Å². The van der Waals surface area contributed by atoms with Gasteiger partial charge in [-0.2, -0.15) is 0 Å². The Morgan fingerprint density at radius 1 is 1.50 bits per heavy atom. The number of rotatable bonds is 1. The monoisotopic (exact) mass is 164 g/mol. The van der Waals surface area contributed by atoms with Gasteiger partial charge in [0.05, 0.1) is 6.10 Å². The molecule has 1 unspecified atom stereocenters. The Bertz CT molecular complexity index is 256. The summed E-state index contributed by atoms with van der Waals surface area (Å²) in [6.07, 6.45) is 0.383. The SMILES string of the molecule is C[C@H](O)C1Cc2ccccc2O1. The molecule has 12 heavy (non-hydrogen) atoms. The van der Waals surface area contributed by atoms with E-state index in [9.17, 15) is 5.11 Å². The summed E-state index contributed by atoms with van der Waals surface area (Å²) in [5.74, 6) is 0.920. The highest BCUT2D eigenvalue weighted by molar-refractivity contribution is 5.37. The molecule has 0 saturated heterocycles. The minimum Gasteiger partial charge on any atom is -0.487 e. The molecule has 0 bridgehead atoms. The fourth-order valence-electron chi connectivity index (χ4n) is 1.48. The molecule has 1 heterocycles. The van der Waals surface area contributed by atoms with Crippen LogP contribution >= 0.6 is 0 Å². The average molecular weight is 164 g/mol. The zero-order valence-electron chi connectivity index (χ0n) is 7.03. The Kier molecular flexibility index (Phi) is 1.77. The van der Waals surface area contributed by atoms with Gasteiger partial charge >= 0.3 is 0 Å². The van der Waals surface area contributed by atoms with Crippen molar-refractivity contribution in [2.45, 2.75) is 25.6 Å². The van der Waals surface area contributed by atoms with E-state index in [-0.39, 0.29) is 6.10 Å². The van der Waals surface area contributed by atoms with E-state index in [0.29, 0.717) is 0 Å². The highest BCUT2D eigenvalue weighted by atomic mass is 16.5. The van der Waals surface area contributed by atoms with Crippen molar-refractivity contribution < 1.29 is 9.84 Å². The van der Waals surface area contributed by atoms with Crippen LogP contribution in [0.15, 0.2) is 24.3 Å². The van der Waals surface area contributed by atoms with Crippen molar-refractivity contribution >= 4 is 0 Å². The first-order valence-electron chi connectivity index (χ1n) is 4.20. The van der Waals surface area contributed by atoms with Crippen molar-refractivity contribution in [3.05, 3.63) is 29.8 Å². The van der Waals surface area contributed by atoms with Gasteiger partial charge in [-0.15, -0.1) is 0 Å². The third kappa shape index (κ3) is 1.18. The number of hydrogen-bond acceptors (Lipinski definition) is 2. The summed E-state index contributed by atoms with van der Waals surface area (Å²) in [5, 5.41) is 9.30. The van der Waals surface area contributed by atoms with Crippen molar-refractivity contribution in [3.63, 3.8) is 0 Å². The normalized spacial score (nSPS) is 23.0. The van der Waals surface area contributed by atoms with Gasteiger partial charge in [-0.3, -0.25) is 0 Å². The third-order valence-electron chi connectivity index (χ3n) is 2.21. The summed E-state index contributed by atoms with van der Waals surface area (Å²) in [6.45, 7) is 1.76. The first kappa shape index (κ1) is 7.62. The van der Waals surface area contributed by atoms with E-state index in [1.165, 1.54) is 5.56 Å². The third-order valence-corrected chi connectivity index (χ3v) is 2.21. The lowest BCUT2D eigenvalue weighted by molar-refractivity contribution is 0.0632. The van der Waals surface area contributed by atoms with Crippen molar-refractivity contribution in [3.8, 4) is 5.75 Å². The Hall–Kier alpha value is -1.02. The van der Waals surface area contributed by atoms with Crippen molar-refractivity contribution in [1.82, 2.24) is 0 Å². The van der Waals surface area contributed by atoms with Gasteiger partial charge in [-0.05, 0) is 18.6 Å². The van der Waals surface area contributed by atoms with Gasteiger partial charge in [0, 0.05) is 6.42 Å². The molecular weight excluding hydrogens is 152 g/mol. The molecule has 1 aliphatic rings. The summed E-state index contributed by atoms with van der Waals surface area (Å²) in [5.41, 5.74) is 1.20. The molecule has 2 rings (SSSR count). The molecule has 2 heteroatoms. The standard InChI is InChI=1S/C10H12O2/c1-7(11)10-6-8-4-2-3-5-9(8)12-10/h2-5,7,10-11H,6H2,1H3/t7-,10?/m0/s1. The molecule has 0 saturated carbocycles. The summed E-state index contributed by atoms with van der Waals surface area (Å²) in [4.78, 5) is 0. The maximum Gasteiger partial charge on any atom is 0.128 e. The van der Waals surface area contributed by atoms with Crippen molar-refractivity contribution in [1.29, 1.82) is 0 Å². The van der Waals surface area contributed by atoms with Crippen LogP contribution < -0.4 is 4.74 Å². The Morgan fingerprint density at radius 3 is 2.92 bits per heavy atom. The van der Waals surface area contributed by atoms with Crippen LogP contribution in [0.2, 0.25) is 0 Å². The van der Waals surface area contributed by atoms with Gasteiger partial charge in [0.25, 0.3) is 0 Å². The van der Waals surface area contributed by atoms with Gasteiger partial charge in [-0.1, -0.05) is 18.2 Å². The quantitative estimate of drug-likeness (QED) is 0.679. The maximum atomic E-state index is 9.30. The average Bonchev–Trinajstić information content (AvgIpc) is 2.46. The number of benzene rings is 1. The van der Waals surface area contributed by atoms with Crippen LogP contribution in [0.5, 0.6) is 5.75 Å². The molecule has 0 aromatic heterocycles. The first-order chi connectivity index (χ1) is 5.77. The maximum absolute atomic E-state index is 9.30. The molecule has 1 aromatic rings. The predicted molar refractivity (Wildman–Crippen MR) is 46.2 cm³/mol. The van der Waals surface area contributed by atoms with Crippen LogP contribution in [-0.2, 0) is 6.42 Å². The molecule has 2 nitrogen and oxygen atoms in total. The number of ether oxygens (including phenoxy) is 1. The molecule has 0 radical (unpaired) electrons. The van der Waals surface area contributed by atoms with Gasteiger partial charge in [0.2, 0.25) is 0 Å². The zero-order chi connectivity index (χ0) is 8.55. The fraction of sp³-hybridized carbons (Fsp3) is 0.400. The molecule has 1 aromatic carbocycles. The number of hydrogen-bond donors (Lipinski definition) is 1. The molecular formula is C10H12O2. The van der Waals surface area contributed by atoms with E-state index < -0.39 is 6.10 Å². The molecule has 0 aliphatic carbocycles. The number of para-hydroxylation sites is 1. The van der Waals surface area contributed by atoms with Gasteiger partial charge < -0.3 is 9.84 Å². The van der Waals surface area contributed by atoms with E-state index in [0.717, 1.165) is 12.2 Å². The minimum absolute atomic E-state index is 0.0533. The number of fused-ring (bicyclic) bond motifs is 1. The molecule has 2 atom stereocenters. The van der Waals surface area contributed by atoms with E-state index in [1.807, 2.05) is 24.3 Å². The zero-order valence-corrected chi connectivity index (χ0v) is 7.03. The summed E-state index contributed by atoms with van der Waals surface area (Å²) >= 11 is 0. The van der Waals surface area contributed by atoms with E-state index >= 15 is 0 Å². The summed E-state index contributed by atoms with van der Waals surface area (Å²) < 4.78 is 5.52. The summed E-state index contributed by atoms with van der Waals surface area (Å²) in [7, 11) is 0. The van der Waals surface area contributed by atoms with Gasteiger partial charge in [-0.25, -0.2) is 0 Å². The second kappa shape index (κ2) is 2.79. The van der Waals surface area contributed by atoms with E-state index in [2.05, 4.69) is 0 Å². The molecule has 0 spiro atoms. The highest BCUT2D eigenvalue weighted by Gasteiger charge is 2.25. The lowest BCUT2D eigenvalue weighted by Gasteiger charge is -2.12. The Labute approximate surface area is 71.8 Å². The molecule has 0 fully saturated rings. The second-order valence-electron chi connectivity index (χ2n) is 3.21. The first-order valence-corrected chi connectivity index (χ1v) is 4.20. The molecule has 64 valence electrons. The van der Waals surface area contributed by atoms with Crippen LogP contribution in [0.4, 0.5) is 0 Å². The van der Waals surface area contributed by atoms with Crippen LogP contribution in [0.3, 0.4) is 0 Å². The Balaban J connectivity index is 2.22. The lowest BCUT2D eigenvalue weighted by Crippen LogP contribution is -2.26. The van der Waals surface area contributed by atoms with Crippen molar-refractivity contribution in [2.24, 2.45) is 0 Å². The Morgan fingerprint density at radius 2 is 2.25 bits per heavy atom. The number of aliphatic hydroxyl groups is 1. The van der Waals surface area contributed by atoms with Crippen LogP contribution in [0.25, 0.3) is 0 Å². The summed E-state index contributed by atoms with van der Waals surface area (Å²) in [6, 6.07) is 7.92. The molecule has 0 amide bonds. The smallest absolute Gasteiger partial charge is 0.128 e. The van der Waals surface area contributed by atoms with E-state index in [1.54, 1.807) is 6.92 Å². The van der Waals surface area contributed by atoms with Gasteiger partial charge in [0.1, 0.15) is 11.9 Å². The fourth-order valence-corrected chi connectivity index (χ4v) is 1.48. The number of aliphatic hydroxyl groups excluding tert-OH is 1. The van der Waals surface area contributed by atoms with Gasteiger partial charge in [0.15, 0.2) is 0 Å². The van der Waals surface area contributed by atoms with Crippen LogP contribution in [0, 0.1) is 0 Å².